The smallest absolute Gasteiger partial charge is 0.323 e. The van der Waals surface area contributed by atoms with Crippen molar-refractivity contribution in [3.63, 3.8) is 0 Å². The number of nitrogens with zero attached hydrogens (tertiary/aromatic N) is 5. The summed E-state index contributed by atoms with van der Waals surface area (Å²) >= 11 is 12.0. The molecule has 0 aliphatic rings. The molecule has 2 aromatic heterocycles. The van der Waals surface area contributed by atoms with Gasteiger partial charge in [0, 0.05) is 6.54 Å². The summed E-state index contributed by atoms with van der Waals surface area (Å²) in [6.45, 7) is -0.133. The molecule has 0 spiro atoms. The summed E-state index contributed by atoms with van der Waals surface area (Å²) in [4.78, 5) is 18.4. The van der Waals surface area contributed by atoms with Gasteiger partial charge in [-0.1, -0.05) is 23.2 Å². The molecule has 0 unspecified atom stereocenters. The summed E-state index contributed by atoms with van der Waals surface area (Å²) in [6.07, 6.45) is 1.19. The van der Waals surface area contributed by atoms with Gasteiger partial charge in [-0.15, -0.1) is 0 Å². The van der Waals surface area contributed by atoms with E-state index >= 15 is 0 Å². The van der Waals surface area contributed by atoms with Gasteiger partial charge in [-0.25, -0.2) is 14.6 Å². The number of fused-ring (bicyclic) bond motifs is 1. The van der Waals surface area contributed by atoms with E-state index in [2.05, 4.69) is 35.5 Å². The van der Waals surface area contributed by atoms with Gasteiger partial charge in [0.2, 0.25) is 5.52 Å². The molecule has 130 valence electrons. The molecule has 0 bridgehead atoms. The van der Waals surface area contributed by atoms with Gasteiger partial charge >= 0.3 is 5.69 Å². The lowest BCUT2D eigenvalue weighted by molar-refractivity contribution is -0.382. The van der Waals surface area contributed by atoms with Crippen molar-refractivity contribution in [3.05, 3.63) is 32.8 Å². The second kappa shape index (κ2) is 7.01. The Hall–Kier alpha value is -2.76. The second-order valence-corrected chi connectivity index (χ2v) is 5.36. The lowest BCUT2D eigenvalue weighted by Crippen LogP contribution is -2.08. The Balaban J connectivity index is 2.16. The number of nitro groups is 1. The molecule has 25 heavy (non-hydrogen) atoms. The van der Waals surface area contributed by atoms with Gasteiger partial charge in [-0.3, -0.25) is 10.1 Å². The van der Waals surface area contributed by atoms with Crippen LogP contribution in [0.3, 0.4) is 0 Å². The van der Waals surface area contributed by atoms with E-state index < -0.39 is 4.92 Å². The van der Waals surface area contributed by atoms with Crippen LogP contribution in [0.5, 0.6) is 0 Å². The second-order valence-electron chi connectivity index (χ2n) is 4.64. The largest absolute Gasteiger partial charge is 0.395 e. The molecule has 0 amide bonds. The van der Waals surface area contributed by atoms with Crippen molar-refractivity contribution in [2.75, 3.05) is 23.8 Å². The predicted octanol–water partition coefficient (Wildman–Crippen LogP) is 2.38. The molecular weight excluding hydrogens is 377 g/mol. The molecule has 0 fully saturated rings. The van der Waals surface area contributed by atoms with Crippen molar-refractivity contribution >= 4 is 57.0 Å². The molecule has 3 aromatic rings. The third-order valence-corrected chi connectivity index (χ3v) is 3.71. The molecule has 2 heterocycles. The third kappa shape index (κ3) is 3.24. The van der Waals surface area contributed by atoms with Crippen LogP contribution in [0.4, 0.5) is 22.7 Å². The maximum atomic E-state index is 11.4. The fourth-order valence-corrected chi connectivity index (χ4v) is 2.53. The van der Waals surface area contributed by atoms with E-state index in [1.54, 1.807) is 0 Å². The number of nitro benzene ring substituents is 1. The van der Waals surface area contributed by atoms with Gasteiger partial charge in [-0.05, 0) is 16.4 Å². The normalized spacial score (nSPS) is 10.8. The highest BCUT2D eigenvalue weighted by atomic mass is 35.5. The molecule has 0 atom stereocenters. The number of aromatic nitrogens is 4. The van der Waals surface area contributed by atoms with Crippen LogP contribution in [-0.4, -0.2) is 43.5 Å². The van der Waals surface area contributed by atoms with E-state index in [1.807, 2.05) is 0 Å². The van der Waals surface area contributed by atoms with E-state index in [1.165, 1.54) is 12.4 Å². The standard InChI is InChI=1S/C12H9Cl2N7O4/c13-11-9(12(14)17-4-16-11)18-5-3-6(15-1-2-22)10(21(23)24)8-7(5)19-25-20-8/h3-4,15,18,22H,1-2H2. The number of rotatable bonds is 6. The minimum atomic E-state index is -0.623. The van der Waals surface area contributed by atoms with Crippen molar-refractivity contribution in [1.82, 2.24) is 20.3 Å². The minimum absolute atomic E-state index is 0.0489. The number of hydrogen-bond acceptors (Lipinski definition) is 10. The van der Waals surface area contributed by atoms with Crippen LogP contribution in [0.25, 0.3) is 11.0 Å². The van der Waals surface area contributed by atoms with E-state index in [0.717, 1.165) is 0 Å². The monoisotopic (exact) mass is 385 g/mol. The van der Waals surface area contributed by atoms with Crippen molar-refractivity contribution in [2.24, 2.45) is 0 Å². The van der Waals surface area contributed by atoms with E-state index in [-0.39, 0.29) is 57.2 Å². The highest BCUT2D eigenvalue weighted by molar-refractivity contribution is 6.37. The molecule has 0 saturated heterocycles. The first-order chi connectivity index (χ1) is 12.0. The first-order valence-corrected chi connectivity index (χ1v) is 7.50. The van der Waals surface area contributed by atoms with Crippen molar-refractivity contribution < 1.29 is 14.7 Å². The Morgan fingerprint density at radius 1 is 1.20 bits per heavy atom. The summed E-state index contributed by atoms with van der Waals surface area (Å²) < 4.78 is 4.64. The average Bonchev–Trinajstić information content (AvgIpc) is 3.05. The Morgan fingerprint density at radius 2 is 1.88 bits per heavy atom. The van der Waals surface area contributed by atoms with Gasteiger partial charge in [0.05, 0.1) is 17.2 Å². The van der Waals surface area contributed by atoms with Gasteiger partial charge in [-0.2, -0.15) is 0 Å². The van der Waals surface area contributed by atoms with Gasteiger partial charge in [0.1, 0.15) is 17.7 Å². The van der Waals surface area contributed by atoms with E-state index in [9.17, 15) is 10.1 Å². The summed E-state index contributed by atoms with van der Waals surface area (Å²) in [5, 5.41) is 33.3. The number of halogens is 2. The van der Waals surface area contributed by atoms with Crippen LogP contribution >= 0.6 is 23.2 Å². The number of anilines is 3. The molecular formula is C12H9Cl2N7O4. The molecule has 0 radical (unpaired) electrons. The molecule has 3 N–H and O–H groups in total. The van der Waals surface area contributed by atoms with Crippen LogP contribution in [0.15, 0.2) is 17.0 Å². The summed E-state index contributed by atoms with van der Waals surface area (Å²) in [6, 6.07) is 1.40. The molecule has 1 aromatic carbocycles. The maximum Gasteiger partial charge on any atom is 0.323 e. The topological polar surface area (TPSA) is 152 Å². The Labute approximate surface area is 149 Å². The van der Waals surface area contributed by atoms with Crippen LogP contribution in [0.2, 0.25) is 10.3 Å². The summed E-state index contributed by atoms with van der Waals surface area (Å²) in [5.41, 5.74) is 0.250. The molecule has 13 heteroatoms. The molecule has 0 saturated carbocycles. The Bertz CT molecular complexity index is 928. The van der Waals surface area contributed by atoms with Crippen molar-refractivity contribution in [1.29, 1.82) is 0 Å². The van der Waals surface area contributed by atoms with Gasteiger partial charge < -0.3 is 15.7 Å². The molecule has 0 aliphatic heterocycles. The molecule has 3 rings (SSSR count). The number of hydrogen-bond donors (Lipinski definition) is 3. The fourth-order valence-electron chi connectivity index (χ4n) is 2.12. The lowest BCUT2D eigenvalue weighted by Gasteiger charge is -2.12. The minimum Gasteiger partial charge on any atom is -0.395 e. The number of aliphatic hydroxyl groups excluding tert-OH is 1. The van der Waals surface area contributed by atoms with Gasteiger partial charge in [0.25, 0.3) is 0 Å². The summed E-state index contributed by atoms with van der Waals surface area (Å²) in [7, 11) is 0. The van der Waals surface area contributed by atoms with Gasteiger partial charge in [0.15, 0.2) is 15.8 Å². The lowest BCUT2D eigenvalue weighted by atomic mass is 10.2. The third-order valence-electron chi connectivity index (χ3n) is 3.14. The maximum absolute atomic E-state index is 11.4. The van der Waals surface area contributed by atoms with Crippen molar-refractivity contribution in [3.8, 4) is 0 Å². The van der Waals surface area contributed by atoms with E-state index in [4.69, 9.17) is 28.3 Å². The van der Waals surface area contributed by atoms with Crippen LogP contribution in [-0.2, 0) is 0 Å². The van der Waals surface area contributed by atoms with Crippen LogP contribution < -0.4 is 10.6 Å². The van der Waals surface area contributed by atoms with Crippen LogP contribution in [0, 0.1) is 10.1 Å². The SMILES string of the molecule is O=[N+]([O-])c1c(NCCO)cc(Nc2c(Cl)ncnc2Cl)c2nonc12. The first-order valence-electron chi connectivity index (χ1n) is 6.74. The van der Waals surface area contributed by atoms with Crippen molar-refractivity contribution in [2.45, 2.75) is 0 Å². The molecule has 11 nitrogen and oxygen atoms in total. The fraction of sp³-hybridized carbons (Fsp3) is 0.167. The highest BCUT2D eigenvalue weighted by Crippen LogP contribution is 2.39. The van der Waals surface area contributed by atoms with Crippen LogP contribution in [0.1, 0.15) is 0 Å². The first kappa shape index (κ1) is 17.1. The zero-order chi connectivity index (χ0) is 18.0. The quantitative estimate of drug-likeness (QED) is 0.327. The van der Waals surface area contributed by atoms with E-state index in [0.29, 0.717) is 0 Å². The highest BCUT2D eigenvalue weighted by Gasteiger charge is 2.26. The number of aliphatic hydroxyl groups is 1. The Morgan fingerprint density at radius 3 is 2.52 bits per heavy atom. The predicted molar refractivity (Wildman–Crippen MR) is 89.4 cm³/mol. The number of nitrogens with one attached hydrogen (secondary N) is 2. The zero-order valence-corrected chi connectivity index (χ0v) is 13.7. The summed E-state index contributed by atoms with van der Waals surface area (Å²) in [5.74, 6) is 0. The average molecular weight is 386 g/mol. The molecule has 0 aliphatic carbocycles. The number of benzene rings is 1. The Kier molecular flexibility index (Phi) is 4.79. The zero-order valence-electron chi connectivity index (χ0n) is 12.2.